The Labute approximate surface area is 124 Å². The minimum atomic E-state index is 0.0338. The molecule has 0 saturated heterocycles. The van der Waals surface area contributed by atoms with Crippen LogP contribution in [0, 0.1) is 12.8 Å². The van der Waals surface area contributed by atoms with Gasteiger partial charge in [0.1, 0.15) is 0 Å². The zero-order valence-corrected chi connectivity index (χ0v) is 13.7. The zero-order chi connectivity index (χ0) is 14.6. The average molecular weight is 327 g/mol. The third-order valence-corrected chi connectivity index (χ3v) is 4.48. The molecule has 2 N–H and O–H groups in total. The third kappa shape index (κ3) is 4.32. The predicted octanol–water partition coefficient (Wildman–Crippen LogP) is 3.20. The minimum Gasteiger partial charge on any atom is -0.342 e. The number of carbonyl (C=O) groups excluding carboxylic acids is 1. The van der Waals surface area contributed by atoms with Gasteiger partial charge < -0.3 is 10.6 Å². The SMILES string of the molecule is Cc1cccc(C(=O)N(C)CCC(N)C(C)C)c1Br. The van der Waals surface area contributed by atoms with Crippen molar-refractivity contribution in [1.29, 1.82) is 0 Å². The number of carbonyl (C=O) groups is 1. The molecular formula is C15H23BrN2O. The summed E-state index contributed by atoms with van der Waals surface area (Å²) in [6.07, 6.45) is 0.823. The Morgan fingerprint density at radius 2 is 2.05 bits per heavy atom. The van der Waals surface area contributed by atoms with Gasteiger partial charge in [-0.1, -0.05) is 26.0 Å². The summed E-state index contributed by atoms with van der Waals surface area (Å²) in [6.45, 7) is 6.86. The normalized spacial score (nSPS) is 12.6. The summed E-state index contributed by atoms with van der Waals surface area (Å²) in [5.74, 6) is 0.473. The van der Waals surface area contributed by atoms with Gasteiger partial charge in [0, 0.05) is 24.1 Å². The van der Waals surface area contributed by atoms with E-state index in [-0.39, 0.29) is 11.9 Å². The highest BCUT2D eigenvalue weighted by atomic mass is 79.9. The van der Waals surface area contributed by atoms with Crippen molar-refractivity contribution < 1.29 is 4.79 Å². The number of rotatable bonds is 5. The van der Waals surface area contributed by atoms with E-state index >= 15 is 0 Å². The van der Waals surface area contributed by atoms with Gasteiger partial charge in [0.05, 0.1) is 5.56 Å². The fourth-order valence-corrected chi connectivity index (χ4v) is 2.23. The third-order valence-electron chi connectivity index (χ3n) is 3.42. The zero-order valence-electron chi connectivity index (χ0n) is 12.1. The van der Waals surface area contributed by atoms with Gasteiger partial charge in [-0.15, -0.1) is 0 Å². The van der Waals surface area contributed by atoms with Crippen LogP contribution in [0.2, 0.25) is 0 Å². The van der Waals surface area contributed by atoms with Crippen LogP contribution in [0.25, 0.3) is 0 Å². The average Bonchev–Trinajstić information content (AvgIpc) is 2.37. The molecule has 19 heavy (non-hydrogen) atoms. The lowest BCUT2D eigenvalue weighted by molar-refractivity contribution is 0.0788. The number of halogens is 1. The smallest absolute Gasteiger partial charge is 0.254 e. The lowest BCUT2D eigenvalue weighted by Crippen LogP contribution is -2.34. The van der Waals surface area contributed by atoms with E-state index in [1.165, 1.54) is 0 Å². The molecule has 0 spiro atoms. The first-order valence-corrected chi connectivity index (χ1v) is 7.40. The van der Waals surface area contributed by atoms with Crippen molar-refractivity contribution in [2.24, 2.45) is 11.7 Å². The van der Waals surface area contributed by atoms with E-state index in [0.29, 0.717) is 18.0 Å². The fourth-order valence-electron chi connectivity index (χ4n) is 1.80. The fraction of sp³-hybridized carbons (Fsp3) is 0.533. The molecule has 3 nitrogen and oxygen atoms in total. The van der Waals surface area contributed by atoms with Gasteiger partial charge in [-0.3, -0.25) is 4.79 Å². The molecule has 0 heterocycles. The maximum atomic E-state index is 12.4. The lowest BCUT2D eigenvalue weighted by Gasteiger charge is -2.22. The van der Waals surface area contributed by atoms with Crippen LogP contribution >= 0.6 is 15.9 Å². The van der Waals surface area contributed by atoms with Gasteiger partial charge in [0.2, 0.25) is 0 Å². The summed E-state index contributed by atoms with van der Waals surface area (Å²) < 4.78 is 0.875. The highest BCUT2D eigenvalue weighted by Gasteiger charge is 2.17. The Morgan fingerprint density at radius 1 is 1.42 bits per heavy atom. The molecule has 0 aliphatic heterocycles. The monoisotopic (exact) mass is 326 g/mol. The van der Waals surface area contributed by atoms with Gasteiger partial charge in [-0.05, 0) is 46.8 Å². The number of aryl methyl sites for hydroxylation is 1. The van der Waals surface area contributed by atoms with E-state index < -0.39 is 0 Å². The molecule has 106 valence electrons. The van der Waals surface area contributed by atoms with Gasteiger partial charge in [-0.25, -0.2) is 0 Å². The quantitative estimate of drug-likeness (QED) is 0.903. The van der Waals surface area contributed by atoms with Gasteiger partial charge in [0.25, 0.3) is 5.91 Å². The molecule has 0 fully saturated rings. The van der Waals surface area contributed by atoms with Crippen LogP contribution in [-0.4, -0.2) is 30.4 Å². The first-order valence-electron chi connectivity index (χ1n) is 6.60. The number of hydrogen-bond donors (Lipinski definition) is 1. The molecule has 1 atom stereocenters. The molecule has 1 unspecified atom stereocenters. The van der Waals surface area contributed by atoms with Gasteiger partial charge in [-0.2, -0.15) is 0 Å². The van der Waals surface area contributed by atoms with E-state index in [2.05, 4.69) is 29.8 Å². The maximum absolute atomic E-state index is 12.4. The van der Waals surface area contributed by atoms with Crippen LogP contribution in [0.15, 0.2) is 22.7 Å². The Balaban J connectivity index is 2.69. The van der Waals surface area contributed by atoms with Crippen LogP contribution in [0.1, 0.15) is 36.2 Å². The van der Waals surface area contributed by atoms with Crippen LogP contribution in [0.4, 0.5) is 0 Å². The topological polar surface area (TPSA) is 46.3 Å². The summed E-state index contributed by atoms with van der Waals surface area (Å²) in [6, 6.07) is 5.87. The van der Waals surface area contributed by atoms with Crippen LogP contribution in [0.5, 0.6) is 0 Å². The molecule has 1 amide bonds. The van der Waals surface area contributed by atoms with Crippen molar-refractivity contribution in [3.05, 3.63) is 33.8 Å². The van der Waals surface area contributed by atoms with Crippen molar-refractivity contribution in [2.45, 2.75) is 33.2 Å². The number of nitrogens with zero attached hydrogens (tertiary/aromatic N) is 1. The van der Waals surface area contributed by atoms with Crippen molar-refractivity contribution in [3.63, 3.8) is 0 Å². The predicted molar refractivity (Wildman–Crippen MR) is 83.3 cm³/mol. The van der Waals surface area contributed by atoms with Crippen molar-refractivity contribution in [2.75, 3.05) is 13.6 Å². The highest BCUT2D eigenvalue weighted by Crippen LogP contribution is 2.22. The second kappa shape index (κ2) is 7.06. The molecule has 0 saturated carbocycles. The van der Waals surface area contributed by atoms with E-state index in [1.54, 1.807) is 4.90 Å². The Morgan fingerprint density at radius 3 is 2.63 bits per heavy atom. The summed E-state index contributed by atoms with van der Waals surface area (Å²) in [5, 5.41) is 0. The molecule has 0 aromatic heterocycles. The summed E-state index contributed by atoms with van der Waals surface area (Å²) in [5.41, 5.74) is 7.79. The van der Waals surface area contributed by atoms with Gasteiger partial charge >= 0.3 is 0 Å². The van der Waals surface area contributed by atoms with Crippen molar-refractivity contribution in [3.8, 4) is 0 Å². The standard InChI is InChI=1S/C15H23BrN2O/c1-10(2)13(17)8-9-18(4)15(19)12-7-5-6-11(3)14(12)16/h5-7,10,13H,8-9,17H2,1-4H3. The molecule has 1 aromatic rings. The summed E-state index contributed by atoms with van der Waals surface area (Å²) >= 11 is 3.48. The molecule has 1 aromatic carbocycles. The summed E-state index contributed by atoms with van der Waals surface area (Å²) in [7, 11) is 1.82. The van der Waals surface area contributed by atoms with Crippen molar-refractivity contribution >= 4 is 21.8 Å². The molecule has 1 rings (SSSR count). The van der Waals surface area contributed by atoms with E-state index in [0.717, 1.165) is 16.5 Å². The lowest BCUT2D eigenvalue weighted by atomic mass is 10.0. The first-order chi connectivity index (χ1) is 8.84. The molecule has 4 heteroatoms. The number of benzene rings is 1. The first kappa shape index (κ1) is 16.2. The number of nitrogens with two attached hydrogens (primary N) is 1. The Hall–Kier alpha value is -0.870. The number of hydrogen-bond acceptors (Lipinski definition) is 2. The molecular weight excluding hydrogens is 304 g/mol. The van der Waals surface area contributed by atoms with Crippen LogP contribution in [0.3, 0.4) is 0 Å². The Kier molecular flexibility index (Phi) is 6.01. The molecule has 0 aliphatic rings. The maximum Gasteiger partial charge on any atom is 0.254 e. The number of amides is 1. The highest BCUT2D eigenvalue weighted by molar-refractivity contribution is 9.10. The Bertz CT molecular complexity index is 446. The van der Waals surface area contributed by atoms with E-state index in [1.807, 2.05) is 32.2 Å². The second-order valence-corrected chi connectivity index (χ2v) is 6.15. The second-order valence-electron chi connectivity index (χ2n) is 5.36. The van der Waals surface area contributed by atoms with Crippen LogP contribution in [-0.2, 0) is 0 Å². The summed E-state index contributed by atoms with van der Waals surface area (Å²) in [4.78, 5) is 14.1. The minimum absolute atomic E-state index is 0.0338. The van der Waals surface area contributed by atoms with Crippen molar-refractivity contribution in [1.82, 2.24) is 4.90 Å². The van der Waals surface area contributed by atoms with E-state index in [4.69, 9.17) is 5.73 Å². The van der Waals surface area contributed by atoms with E-state index in [9.17, 15) is 4.79 Å². The largest absolute Gasteiger partial charge is 0.342 e. The van der Waals surface area contributed by atoms with Crippen LogP contribution < -0.4 is 5.73 Å². The van der Waals surface area contributed by atoms with Gasteiger partial charge in [0.15, 0.2) is 0 Å². The molecule has 0 bridgehead atoms. The molecule has 0 aliphatic carbocycles. The molecule has 0 radical (unpaired) electrons.